The Morgan fingerprint density at radius 2 is 2.50 bits per heavy atom. The number of nitrogens with zero attached hydrogens (tertiary/aromatic N) is 1. The Morgan fingerprint density at radius 1 is 1.71 bits per heavy atom. The lowest BCUT2D eigenvalue weighted by Gasteiger charge is -2.08. The Morgan fingerprint density at radius 3 is 3.07 bits per heavy atom. The predicted molar refractivity (Wildman–Crippen MR) is 61.2 cm³/mol. The molecule has 0 aromatic carbocycles. The van der Waals surface area contributed by atoms with Crippen molar-refractivity contribution in [3.63, 3.8) is 0 Å². The van der Waals surface area contributed by atoms with Crippen LogP contribution in [0.4, 0.5) is 0 Å². The third-order valence-corrected chi connectivity index (χ3v) is 3.00. The number of aromatic nitrogens is 1. The molecule has 0 fully saturated rings. The molecule has 0 spiro atoms. The second-order valence-electron chi connectivity index (χ2n) is 3.28. The number of hydrogen-bond donors (Lipinski definition) is 1. The van der Waals surface area contributed by atoms with Crippen molar-refractivity contribution in [1.82, 2.24) is 10.3 Å². The van der Waals surface area contributed by atoms with Crippen LogP contribution in [0.3, 0.4) is 0 Å². The summed E-state index contributed by atoms with van der Waals surface area (Å²) in [6.07, 6.45) is 7.01. The standard InChI is InChI=1S/C11H16N2S/c1-4-6-9(3)12-7-10-8-14-11(5-2)13-10/h1,8-9,12H,5-7H2,2-3H3. The molecule has 0 saturated carbocycles. The van der Waals surface area contributed by atoms with Gasteiger partial charge in [-0.15, -0.1) is 23.7 Å². The first kappa shape index (κ1) is 11.2. The SMILES string of the molecule is C#CCC(C)NCc1csc(CC)n1. The highest BCUT2D eigenvalue weighted by Gasteiger charge is 2.02. The fourth-order valence-corrected chi connectivity index (χ4v) is 1.86. The molecule has 1 aromatic rings. The monoisotopic (exact) mass is 208 g/mol. The van der Waals surface area contributed by atoms with E-state index in [1.165, 1.54) is 5.01 Å². The second kappa shape index (κ2) is 5.79. The van der Waals surface area contributed by atoms with Crippen molar-refractivity contribution >= 4 is 11.3 Å². The minimum absolute atomic E-state index is 0.367. The summed E-state index contributed by atoms with van der Waals surface area (Å²) in [6.45, 7) is 5.03. The number of terminal acetylenes is 1. The van der Waals surface area contributed by atoms with E-state index in [1.807, 2.05) is 0 Å². The molecular weight excluding hydrogens is 192 g/mol. The molecule has 76 valence electrons. The molecule has 1 unspecified atom stereocenters. The Balaban J connectivity index is 2.34. The third kappa shape index (κ3) is 3.49. The van der Waals surface area contributed by atoms with Gasteiger partial charge in [-0.25, -0.2) is 4.98 Å². The average Bonchev–Trinajstić information content (AvgIpc) is 2.63. The molecule has 0 aliphatic rings. The minimum Gasteiger partial charge on any atom is -0.308 e. The largest absolute Gasteiger partial charge is 0.308 e. The van der Waals surface area contributed by atoms with Gasteiger partial charge in [-0.2, -0.15) is 0 Å². The van der Waals surface area contributed by atoms with Crippen LogP contribution in [0.15, 0.2) is 5.38 Å². The van der Waals surface area contributed by atoms with E-state index < -0.39 is 0 Å². The molecule has 2 nitrogen and oxygen atoms in total. The molecule has 3 heteroatoms. The fraction of sp³-hybridized carbons (Fsp3) is 0.545. The van der Waals surface area contributed by atoms with Crippen LogP contribution in [0.2, 0.25) is 0 Å². The predicted octanol–water partition coefficient (Wildman–Crippen LogP) is 2.21. The van der Waals surface area contributed by atoms with Gasteiger partial charge in [0.05, 0.1) is 10.7 Å². The summed E-state index contributed by atoms with van der Waals surface area (Å²) in [5.41, 5.74) is 1.12. The van der Waals surface area contributed by atoms with Gasteiger partial charge in [0.2, 0.25) is 0 Å². The van der Waals surface area contributed by atoms with Gasteiger partial charge in [0.15, 0.2) is 0 Å². The van der Waals surface area contributed by atoms with Gasteiger partial charge in [-0.3, -0.25) is 0 Å². The summed E-state index contributed by atoms with van der Waals surface area (Å²) in [4.78, 5) is 4.47. The lowest BCUT2D eigenvalue weighted by Crippen LogP contribution is -2.24. The van der Waals surface area contributed by atoms with Crippen LogP contribution in [0.5, 0.6) is 0 Å². The van der Waals surface area contributed by atoms with E-state index in [2.05, 4.69) is 35.4 Å². The zero-order valence-corrected chi connectivity index (χ0v) is 9.53. The van der Waals surface area contributed by atoms with E-state index in [9.17, 15) is 0 Å². The van der Waals surface area contributed by atoms with Crippen molar-refractivity contribution in [1.29, 1.82) is 0 Å². The third-order valence-electron chi connectivity index (χ3n) is 1.96. The van der Waals surface area contributed by atoms with Gasteiger partial charge in [0.25, 0.3) is 0 Å². The second-order valence-corrected chi connectivity index (χ2v) is 4.22. The maximum atomic E-state index is 5.22. The van der Waals surface area contributed by atoms with Gasteiger partial charge < -0.3 is 5.32 Å². The number of aryl methyl sites for hydroxylation is 1. The van der Waals surface area contributed by atoms with Gasteiger partial charge in [-0.1, -0.05) is 6.92 Å². The molecule has 0 aliphatic carbocycles. The molecular formula is C11H16N2S. The van der Waals surface area contributed by atoms with E-state index in [1.54, 1.807) is 11.3 Å². The molecule has 1 atom stereocenters. The normalized spacial score (nSPS) is 12.4. The van der Waals surface area contributed by atoms with E-state index in [0.717, 1.165) is 25.1 Å². The Labute approximate surface area is 89.8 Å². The van der Waals surface area contributed by atoms with Gasteiger partial charge in [-0.05, 0) is 13.3 Å². The van der Waals surface area contributed by atoms with Crippen molar-refractivity contribution < 1.29 is 0 Å². The van der Waals surface area contributed by atoms with Crippen LogP contribution in [0, 0.1) is 12.3 Å². The van der Waals surface area contributed by atoms with Crippen LogP contribution in [0.25, 0.3) is 0 Å². The summed E-state index contributed by atoms with van der Waals surface area (Å²) in [6, 6.07) is 0.367. The number of thiazole rings is 1. The van der Waals surface area contributed by atoms with Crippen molar-refractivity contribution in [2.45, 2.75) is 39.3 Å². The molecule has 0 amide bonds. The highest BCUT2D eigenvalue weighted by Crippen LogP contribution is 2.09. The topological polar surface area (TPSA) is 24.9 Å². The van der Waals surface area contributed by atoms with Crippen LogP contribution < -0.4 is 5.32 Å². The van der Waals surface area contributed by atoms with E-state index in [-0.39, 0.29) is 0 Å². The molecule has 0 bridgehead atoms. The van der Waals surface area contributed by atoms with Gasteiger partial charge in [0, 0.05) is 24.4 Å². The van der Waals surface area contributed by atoms with E-state index >= 15 is 0 Å². The van der Waals surface area contributed by atoms with Gasteiger partial charge >= 0.3 is 0 Å². The molecule has 1 aromatic heterocycles. The maximum absolute atomic E-state index is 5.22. The molecule has 0 aliphatic heterocycles. The summed E-state index contributed by atoms with van der Waals surface area (Å²) >= 11 is 1.72. The lowest BCUT2D eigenvalue weighted by molar-refractivity contribution is 0.554. The number of hydrogen-bond acceptors (Lipinski definition) is 3. The van der Waals surface area contributed by atoms with Crippen LogP contribution in [-0.2, 0) is 13.0 Å². The minimum atomic E-state index is 0.367. The first-order valence-corrected chi connectivity index (χ1v) is 5.74. The van der Waals surface area contributed by atoms with Crippen molar-refractivity contribution in [3.05, 3.63) is 16.1 Å². The molecule has 1 N–H and O–H groups in total. The van der Waals surface area contributed by atoms with E-state index in [4.69, 9.17) is 6.42 Å². The number of nitrogens with one attached hydrogen (secondary N) is 1. The lowest BCUT2D eigenvalue weighted by atomic mass is 10.2. The summed E-state index contributed by atoms with van der Waals surface area (Å²) < 4.78 is 0. The quantitative estimate of drug-likeness (QED) is 0.750. The Bertz CT molecular complexity index is 311. The highest BCUT2D eigenvalue weighted by molar-refractivity contribution is 7.09. The average molecular weight is 208 g/mol. The van der Waals surface area contributed by atoms with Crippen molar-refractivity contribution in [3.8, 4) is 12.3 Å². The Kier molecular flexibility index (Phi) is 4.64. The van der Waals surface area contributed by atoms with Crippen molar-refractivity contribution in [2.24, 2.45) is 0 Å². The van der Waals surface area contributed by atoms with Crippen LogP contribution >= 0.6 is 11.3 Å². The summed E-state index contributed by atoms with van der Waals surface area (Å²) in [5, 5.41) is 6.64. The van der Waals surface area contributed by atoms with Crippen LogP contribution in [0.1, 0.15) is 31.0 Å². The highest BCUT2D eigenvalue weighted by atomic mass is 32.1. The zero-order chi connectivity index (χ0) is 10.4. The zero-order valence-electron chi connectivity index (χ0n) is 8.71. The maximum Gasteiger partial charge on any atom is 0.0926 e. The van der Waals surface area contributed by atoms with Crippen molar-refractivity contribution in [2.75, 3.05) is 0 Å². The molecule has 0 saturated heterocycles. The fourth-order valence-electron chi connectivity index (χ4n) is 1.12. The van der Waals surface area contributed by atoms with Crippen LogP contribution in [-0.4, -0.2) is 11.0 Å². The van der Waals surface area contributed by atoms with Gasteiger partial charge in [0.1, 0.15) is 0 Å². The Hall–Kier alpha value is -0.850. The summed E-state index contributed by atoms with van der Waals surface area (Å²) in [5.74, 6) is 2.64. The molecule has 1 rings (SSSR count). The first-order chi connectivity index (χ1) is 6.76. The van der Waals surface area contributed by atoms with E-state index in [0.29, 0.717) is 6.04 Å². The smallest absolute Gasteiger partial charge is 0.0926 e. The first-order valence-electron chi connectivity index (χ1n) is 4.86. The summed E-state index contributed by atoms with van der Waals surface area (Å²) in [7, 11) is 0. The molecule has 0 radical (unpaired) electrons. The molecule has 14 heavy (non-hydrogen) atoms. The number of rotatable bonds is 5. The molecule has 1 heterocycles.